The molecule has 0 aromatic rings. The number of nitrogens with zero attached hydrogens (tertiary/aromatic N) is 1. The van der Waals surface area contributed by atoms with Crippen LogP contribution in [0.2, 0.25) is 0 Å². The lowest BCUT2D eigenvalue weighted by atomic mass is 10.1. The summed E-state index contributed by atoms with van der Waals surface area (Å²) >= 11 is 0. The van der Waals surface area contributed by atoms with E-state index in [-0.39, 0.29) is 6.54 Å². The van der Waals surface area contributed by atoms with E-state index >= 15 is 0 Å². The van der Waals surface area contributed by atoms with Crippen LogP contribution in [0.1, 0.15) is 12.8 Å². The molecular formula is C15H20NO8. The topological polar surface area (TPSA) is 138 Å². The number of esters is 1. The Balaban J connectivity index is 4.76. The van der Waals surface area contributed by atoms with E-state index < -0.39 is 48.6 Å². The number of aliphatic hydroxyl groups excluding tert-OH is 1. The normalized spacial score (nSPS) is 14.0. The van der Waals surface area contributed by atoms with Crippen molar-refractivity contribution in [1.29, 1.82) is 0 Å². The molecule has 0 amide bonds. The first kappa shape index (κ1) is 21.6. The number of aliphatic hydroxyl groups is 1. The van der Waals surface area contributed by atoms with Crippen LogP contribution < -0.4 is 5.11 Å². The number of likely N-dealkylation sites (N-methyl/N-ethyl adjacent to an activating group) is 1. The average molecular weight is 342 g/mol. The van der Waals surface area contributed by atoms with Crippen LogP contribution in [0.3, 0.4) is 0 Å². The molecule has 0 aliphatic heterocycles. The zero-order valence-electron chi connectivity index (χ0n) is 13.7. The molecule has 1 radical (unpaired) electrons. The SMILES string of the molecule is C[N+](C)(C)CC(CC(=O)[O-])OC(=O)/C=C/C(=O)C(=O)C(O)C[C]=O. The van der Waals surface area contributed by atoms with Gasteiger partial charge in [0.25, 0.3) is 0 Å². The maximum Gasteiger partial charge on any atom is 0.331 e. The number of hydrogen-bond acceptors (Lipinski definition) is 8. The number of hydrogen-bond donors (Lipinski definition) is 1. The summed E-state index contributed by atoms with van der Waals surface area (Å²) in [6, 6.07) is 0. The van der Waals surface area contributed by atoms with Gasteiger partial charge in [0.1, 0.15) is 12.6 Å². The van der Waals surface area contributed by atoms with E-state index in [4.69, 9.17) is 9.84 Å². The summed E-state index contributed by atoms with van der Waals surface area (Å²) in [5.74, 6) is -4.88. The Hall–Kier alpha value is -2.39. The Morgan fingerprint density at radius 1 is 1.21 bits per heavy atom. The van der Waals surface area contributed by atoms with Crippen molar-refractivity contribution in [2.24, 2.45) is 0 Å². The van der Waals surface area contributed by atoms with Crippen molar-refractivity contribution in [3.63, 3.8) is 0 Å². The number of aliphatic carboxylic acids is 1. The molecule has 9 nitrogen and oxygen atoms in total. The molecule has 2 unspecified atom stereocenters. The van der Waals surface area contributed by atoms with E-state index in [9.17, 15) is 29.1 Å². The van der Waals surface area contributed by atoms with Crippen LogP contribution in [0.5, 0.6) is 0 Å². The van der Waals surface area contributed by atoms with Crippen molar-refractivity contribution < 1.29 is 43.4 Å². The Kier molecular flexibility index (Phi) is 8.72. The highest BCUT2D eigenvalue weighted by Gasteiger charge is 2.23. The molecule has 0 rings (SSSR count). The number of carboxylic acid groups (broad SMARTS) is 1. The second kappa shape index (κ2) is 9.68. The summed E-state index contributed by atoms with van der Waals surface area (Å²) < 4.78 is 5.25. The first-order chi connectivity index (χ1) is 11.0. The Morgan fingerprint density at radius 3 is 2.25 bits per heavy atom. The van der Waals surface area contributed by atoms with Crippen molar-refractivity contribution in [2.45, 2.75) is 25.0 Å². The van der Waals surface area contributed by atoms with Crippen molar-refractivity contribution in [2.75, 3.05) is 27.7 Å². The summed E-state index contributed by atoms with van der Waals surface area (Å²) in [6.07, 6.45) is -1.45. The van der Waals surface area contributed by atoms with Crippen LogP contribution in [0.15, 0.2) is 12.2 Å². The van der Waals surface area contributed by atoms with Crippen LogP contribution in [0.4, 0.5) is 0 Å². The van der Waals surface area contributed by atoms with Crippen molar-refractivity contribution in [1.82, 2.24) is 0 Å². The minimum Gasteiger partial charge on any atom is -0.550 e. The largest absolute Gasteiger partial charge is 0.550 e. The number of allylic oxidation sites excluding steroid dienone is 1. The average Bonchev–Trinajstić information content (AvgIpc) is 2.41. The van der Waals surface area contributed by atoms with E-state index in [2.05, 4.69) is 0 Å². The highest BCUT2D eigenvalue weighted by molar-refractivity contribution is 6.43. The van der Waals surface area contributed by atoms with E-state index in [0.717, 1.165) is 0 Å². The van der Waals surface area contributed by atoms with Crippen LogP contribution in [-0.4, -0.2) is 79.3 Å². The van der Waals surface area contributed by atoms with E-state index in [1.54, 1.807) is 21.1 Å². The molecule has 0 saturated heterocycles. The number of Topliss-reactive ketones (excluding diaryl/α,β-unsaturated/α-hetero) is 1. The smallest absolute Gasteiger partial charge is 0.331 e. The van der Waals surface area contributed by atoms with Crippen LogP contribution in [0.25, 0.3) is 0 Å². The molecular weight excluding hydrogens is 322 g/mol. The quantitative estimate of drug-likeness (QED) is 0.185. The summed E-state index contributed by atoms with van der Waals surface area (Å²) in [7, 11) is 5.29. The number of ketones is 2. The van der Waals surface area contributed by atoms with Crippen LogP contribution in [-0.2, 0) is 28.7 Å². The molecule has 0 bridgehead atoms. The third-order valence-electron chi connectivity index (χ3n) is 2.62. The summed E-state index contributed by atoms with van der Waals surface area (Å²) in [4.78, 5) is 55.1. The molecule has 0 fully saturated rings. The number of carbonyl (C=O) groups excluding carboxylic acids is 5. The van der Waals surface area contributed by atoms with Gasteiger partial charge in [-0.2, -0.15) is 0 Å². The number of carbonyl (C=O) groups is 4. The predicted octanol–water partition coefficient (Wildman–Crippen LogP) is -2.70. The molecule has 0 aromatic carbocycles. The molecule has 2 atom stereocenters. The Morgan fingerprint density at radius 2 is 1.79 bits per heavy atom. The van der Waals surface area contributed by atoms with Gasteiger partial charge in [0.15, 0.2) is 6.10 Å². The fraction of sp³-hybridized carbons (Fsp3) is 0.533. The molecule has 133 valence electrons. The van der Waals surface area contributed by atoms with Gasteiger partial charge in [-0.05, 0) is 6.08 Å². The lowest BCUT2D eigenvalue weighted by Gasteiger charge is -2.28. The zero-order valence-corrected chi connectivity index (χ0v) is 13.7. The van der Waals surface area contributed by atoms with Crippen LogP contribution in [0, 0.1) is 0 Å². The van der Waals surface area contributed by atoms with Gasteiger partial charge in [0, 0.05) is 24.9 Å². The summed E-state index contributed by atoms with van der Waals surface area (Å²) in [5.41, 5.74) is 0. The molecule has 0 aliphatic rings. The molecule has 9 heteroatoms. The molecule has 0 aliphatic carbocycles. The zero-order chi connectivity index (χ0) is 18.9. The second-order valence-electron chi connectivity index (χ2n) is 6.03. The highest BCUT2D eigenvalue weighted by atomic mass is 16.5. The number of ether oxygens (including phenoxy) is 1. The van der Waals surface area contributed by atoms with E-state index in [1.807, 2.05) is 0 Å². The van der Waals surface area contributed by atoms with Gasteiger partial charge in [0.05, 0.1) is 21.1 Å². The maximum atomic E-state index is 11.6. The van der Waals surface area contributed by atoms with Crippen LogP contribution >= 0.6 is 0 Å². The van der Waals surface area contributed by atoms with Gasteiger partial charge < -0.3 is 24.2 Å². The minimum absolute atomic E-state index is 0.189. The molecule has 0 saturated carbocycles. The number of rotatable bonds is 11. The monoisotopic (exact) mass is 342 g/mol. The van der Waals surface area contributed by atoms with Gasteiger partial charge in [-0.1, -0.05) is 0 Å². The maximum absolute atomic E-state index is 11.6. The number of quaternary nitrogens is 1. The first-order valence-corrected chi connectivity index (χ1v) is 6.96. The highest BCUT2D eigenvalue weighted by Crippen LogP contribution is 2.05. The molecule has 24 heavy (non-hydrogen) atoms. The van der Waals surface area contributed by atoms with E-state index in [1.165, 1.54) is 6.29 Å². The Bertz CT molecular complexity index is 532. The predicted molar refractivity (Wildman–Crippen MR) is 77.9 cm³/mol. The molecule has 0 aromatic heterocycles. The van der Waals surface area contributed by atoms with Crippen molar-refractivity contribution in [3.05, 3.63) is 12.2 Å². The molecule has 1 N–H and O–H groups in total. The number of carboxylic acids is 1. The van der Waals surface area contributed by atoms with E-state index in [0.29, 0.717) is 16.6 Å². The van der Waals surface area contributed by atoms with Gasteiger partial charge in [0.2, 0.25) is 17.9 Å². The van der Waals surface area contributed by atoms with Gasteiger partial charge in [-0.3, -0.25) is 14.4 Å². The lowest BCUT2D eigenvalue weighted by molar-refractivity contribution is -0.873. The second-order valence-corrected chi connectivity index (χ2v) is 6.03. The van der Waals surface area contributed by atoms with Crippen molar-refractivity contribution >= 4 is 29.8 Å². The Labute approximate surface area is 139 Å². The first-order valence-electron chi connectivity index (χ1n) is 6.96. The molecule has 0 heterocycles. The standard InChI is InChI=1S/C15H20NO8/c1-16(2,3)9-10(8-13(20)21)24-14(22)5-4-11(18)15(23)12(19)6-7-17/h4-5,10,12,19H,6,8-9H2,1-3H3/b5-4+. The van der Waals surface area contributed by atoms with Gasteiger partial charge >= 0.3 is 5.97 Å². The van der Waals surface area contributed by atoms with Gasteiger partial charge in [-0.25, -0.2) is 4.79 Å². The fourth-order valence-electron chi connectivity index (χ4n) is 1.71. The molecule has 0 spiro atoms. The minimum atomic E-state index is -1.82. The third-order valence-corrected chi connectivity index (χ3v) is 2.62. The van der Waals surface area contributed by atoms with Crippen molar-refractivity contribution in [3.8, 4) is 0 Å². The summed E-state index contributed by atoms with van der Waals surface area (Å²) in [6.45, 7) is 0.189. The fourth-order valence-corrected chi connectivity index (χ4v) is 1.71. The lowest BCUT2D eigenvalue weighted by Crippen LogP contribution is -2.45. The summed E-state index contributed by atoms with van der Waals surface area (Å²) in [5, 5.41) is 19.9. The third kappa shape index (κ3) is 9.59. The van der Waals surface area contributed by atoms with Gasteiger partial charge in [-0.15, -0.1) is 0 Å².